The van der Waals surface area contributed by atoms with Gasteiger partial charge in [-0.2, -0.15) is 0 Å². The summed E-state index contributed by atoms with van der Waals surface area (Å²) in [5.74, 6) is 0.300. The van der Waals surface area contributed by atoms with E-state index in [4.69, 9.17) is 16.8 Å². The Labute approximate surface area is 106 Å². The van der Waals surface area contributed by atoms with Crippen LogP contribution in [0.15, 0.2) is 23.6 Å². The van der Waals surface area contributed by atoms with Gasteiger partial charge in [0.15, 0.2) is 0 Å². The highest BCUT2D eigenvalue weighted by Crippen LogP contribution is 2.20. The van der Waals surface area contributed by atoms with Gasteiger partial charge in [-0.3, -0.25) is 9.88 Å². The molecule has 0 bridgehead atoms. The lowest BCUT2D eigenvalue weighted by atomic mass is 9.97. The number of piperidine rings is 1. The Morgan fingerprint density at radius 1 is 1.65 bits per heavy atom. The lowest BCUT2D eigenvalue weighted by molar-refractivity contribution is 0.228. The molecule has 1 unspecified atom stereocenters. The van der Waals surface area contributed by atoms with E-state index in [1.165, 1.54) is 0 Å². The Bertz CT molecular complexity index is 422. The summed E-state index contributed by atoms with van der Waals surface area (Å²) < 4.78 is 0. The second-order valence-electron chi connectivity index (χ2n) is 4.44. The van der Waals surface area contributed by atoms with Crippen molar-refractivity contribution in [2.75, 3.05) is 13.1 Å². The van der Waals surface area contributed by atoms with Crippen molar-refractivity contribution in [3.05, 3.63) is 29.0 Å². The highest BCUT2D eigenvalue weighted by Gasteiger charge is 2.22. The molecule has 1 fully saturated rings. The first-order valence-corrected chi connectivity index (χ1v) is 6.10. The normalized spacial score (nSPS) is 24.1. The molecule has 1 aliphatic heterocycles. The van der Waals surface area contributed by atoms with E-state index >= 15 is 0 Å². The summed E-state index contributed by atoms with van der Waals surface area (Å²) in [5.41, 5.74) is 1.99. The molecule has 2 rings (SSSR count). The Balaban J connectivity index is 2.00. The number of hydrogen-bond donors (Lipinski definition) is 1. The molecule has 1 N–H and O–H groups in total. The largest absolute Gasteiger partial charge is 0.411 e. The van der Waals surface area contributed by atoms with Crippen molar-refractivity contribution in [2.45, 2.75) is 19.9 Å². The van der Waals surface area contributed by atoms with E-state index in [0.29, 0.717) is 10.9 Å². The van der Waals surface area contributed by atoms with E-state index in [9.17, 15) is 0 Å². The van der Waals surface area contributed by atoms with Gasteiger partial charge in [0, 0.05) is 44.4 Å². The van der Waals surface area contributed by atoms with Crippen molar-refractivity contribution in [1.29, 1.82) is 0 Å². The van der Waals surface area contributed by atoms with Crippen LogP contribution in [-0.4, -0.2) is 33.9 Å². The first-order valence-electron chi connectivity index (χ1n) is 5.72. The topological polar surface area (TPSA) is 48.7 Å². The first-order chi connectivity index (χ1) is 8.20. The van der Waals surface area contributed by atoms with Crippen molar-refractivity contribution in [1.82, 2.24) is 9.88 Å². The third kappa shape index (κ3) is 2.96. The van der Waals surface area contributed by atoms with Crippen LogP contribution in [-0.2, 0) is 6.54 Å². The van der Waals surface area contributed by atoms with Crippen LogP contribution in [0.2, 0.25) is 5.02 Å². The van der Waals surface area contributed by atoms with E-state index in [0.717, 1.165) is 37.3 Å². The highest BCUT2D eigenvalue weighted by molar-refractivity contribution is 6.31. The van der Waals surface area contributed by atoms with Gasteiger partial charge in [-0.25, -0.2) is 0 Å². The smallest absolute Gasteiger partial charge is 0.0634 e. The van der Waals surface area contributed by atoms with Crippen LogP contribution < -0.4 is 0 Å². The fraction of sp³-hybridized carbons (Fsp3) is 0.500. The average Bonchev–Trinajstić information content (AvgIpc) is 2.32. The van der Waals surface area contributed by atoms with Crippen LogP contribution in [0.5, 0.6) is 0 Å². The molecule has 2 heterocycles. The zero-order valence-electron chi connectivity index (χ0n) is 9.80. The summed E-state index contributed by atoms with van der Waals surface area (Å²) in [5, 5.41) is 12.9. The van der Waals surface area contributed by atoms with Crippen molar-refractivity contribution in [3.63, 3.8) is 0 Å². The Hall–Kier alpha value is -1.13. The minimum atomic E-state index is 0.300. The van der Waals surface area contributed by atoms with Crippen LogP contribution in [0.4, 0.5) is 0 Å². The average molecular weight is 254 g/mol. The molecular weight excluding hydrogens is 238 g/mol. The number of halogens is 1. The lowest BCUT2D eigenvalue weighted by Gasteiger charge is -2.31. The number of hydrogen-bond acceptors (Lipinski definition) is 4. The summed E-state index contributed by atoms with van der Waals surface area (Å²) >= 11 is 6.08. The van der Waals surface area contributed by atoms with E-state index in [1.54, 1.807) is 12.4 Å². The monoisotopic (exact) mass is 253 g/mol. The molecule has 0 radical (unpaired) electrons. The molecular formula is C12H16ClN3O. The molecule has 0 aromatic carbocycles. The Morgan fingerprint density at radius 2 is 2.47 bits per heavy atom. The minimum absolute atomic E-state index is 0.300. The van der Waals surface area contributed by atoms with Crippen LogP contribution in [0.1, 0.15) is 18.9 Å². The summed E-state index contributed by atoms with van der Waals surface area (Å²) in [7, 11) is 0. The van der Waals surface area contributed by atoms with Gasteiger partial charge in [-0.1, -0.05) is 23.7 Å². The fourth-order valence-electron chi connectivity index (χ4n) is 2.17. The number of oxime groups is 1. The Kier molecular flexibility index (Phi) is 3.97. The molecule has 0 saturated carbocycles. The van der Waals surface area contributed by atoms with Crippen molar-refractivity contribution in [2.24, 2.45) is 11.1 Å². The minimum Gasteiger partial charge on any atom is -0.411 e. The highest BCUT2D eigenvalue weighted by atomic mass is 35.5. The van der Waals surface area contributed by atoms with E-state index < -0.39 is 0 Å². The van der Waals surface area contributed by atoms with E-state index in [-0.39, 0.29) is 0 Å². The third-order valence-electron chi connectivity index (χ3n) is 3.16. The number of rotatable bonds is 2. The maximum absolute atomic E-state index is 8.82. The molecule has 5 heteroatoms. The number of nitrogens with zero attached hydrogens (tertiary/aromatic N) is 3. The second kappa shape index (κ2) is 5.47. The molecule has 1 atom stereocenters. The number of aromatic nitrogens is 1. The second-order valence-corrected chi connectivity index (χ2v) is 4.85. The summed E-state index contributed by atoms with van der Waals surface area (Å²) in [6.45, 7) is 4.71. The molecule has 0 amide bonds. The maximum Gasteiger partial charge on any atom is 0.0634 e. The van der Waals surface area contributed by atoms with Crippen molar-refractivity contribution < 1.29 is 5.21 Å². The predicted molar refractivity (Wildman–Crippen MR) is 67.5 cm³/mol. The number of pyridine rings is 1. The van der Waals surface area contributed by atoms with Crippen LogP contribution >= 0.6 is 11.6 Å². The van der Waals surface area contributed by atoms with Gasteiger partial charge < -0.3 is 5.21 Å². The Morgan fingerprint density at radius 3 is 3.12 bits per heavy atom. The van der Waals surface area contributed by atoms with Gasteiger partial charge in [-0.05, 0) is 11.6 Å². The fourth-order valence-corrected chi connectivity index (χ4v) is 2.35. The molecule has 1 aliphatic rings. The van der Waals surface area contributed by atoms with Crippen molar-refractivity contribution >= 4 is 17.3 Å². The van der Waals surface area contributed by atoms with Gasteiger partial charge in [0.1, 0.15) is 0 Å². The predicted octanol–water partition coefficient (Wildman–Crippen LogP) is 2.41. The van der Waals surface area contributed by atoms with Crippen LogP contribution in [0.25, 0.3) is 0 Å². The van der Waals surface area contributed by atoms with Crippen molar-refractivity contribution in [3.8, 4) is 0 Å². The molecule has 4 nitrogen and oxygen atoms in total. The van der Waals surface area contributed by atoms with Crippen LogP contribution in [0, 0.1) is 5.92 Å². The molecule has 1 aromatic rings. The first kappa shape index (κ1) is 12.3. The van der Waals surface area contributed by atoms with Crippen LogP contribution in [0.3, 0.4) is 0 Å². The summed E-state index contributed by atoms with van der Waals surface area (Å²) in [6.07, 6.45) is 4.25. The standard InChI is InChI=1S/C12H16ClN3O/c1-9-7-16(5-3-12(9)15-17)8-10-2-4-14-6-11(10)13/h2,4,6,9,17H,3,5,7-8H2,1H3/b15-12+. The van der Waals surface area contributed by atoms with Gasteiger partial charge in [0.2, 0.25) is 0 Å². The molecule has 1 aromatic heterocycles. The molecule has 1 saturated heterocycles. The third-order valence-corrected chi connectivity index (χ3v) is 3.50. The summed E-state index contributed by atoms with van der Waals surface area (Å²) in [6, 6.07) is 1.95. The van der Waals surface area contributed by atoms with Gasteiger partial charge in [-0.15, -0.1) is 0 Å². The van der Waals surface area contributed by atoms with Gasteiger partial charge >= 0.3 is 0 Å². The van der Waals surface area contributed by atoms with E-state index in [2.05, 4.69) is 22.0 Å². The molecule has 0 spiro atoms. The zero-order chi connectivity index (χ0) is 12.3. The molecule has 92 valence electrons. The molecule has 17 heavy (non-hydrogen) atoms. The van der Waals surface area contributed by atoms with E-state index in [1.807, 2.05) is 6.07 Å². The van der Waals surface area contributed by atoms with Gasteiger partial charge in [0.25, 0.3) is 0 Å². The van der Waals surface area contributed by atoms with Gasteiger partial charge in [0.05, 0.1) is 10.7 Å². The lowest BCUT2D eigenvalue weighted by Crippen LogP contribution is -2.39. The quantitative estimate of drug-likeness (QED) is 0.650. The SMILES string of the molecule is CC1CN(Cc2ccncc2Cl)CC/C1=N\O. The number of likely N-dealkylation sites (tertiary alicyclic amines) is 1. The maximum atomic E-state index is 8.82. The zero-order valence-corrected chi connectivity index (χ0v) is 10.6. The molecule has 0 aliphatic carbocycles. The summed E-state index contributed by atoms with van der Waals surface area (Å²) in [4.78, 5) is 6.30.